The lowest BCUT2D eigenvalue weighted by Crippen LogP contribution is -2.39. The smallest absolute Gasteiger partial charge is 0.247 e. The molecule has 0 aliphatic heterocycles. The van der Waals surface area contributed by atoms with Crippen molar-refractivity contribution in [3.63, 3.8) is 0 Å². The summed E-state index contributed by atoms with van der Waals surface area (Å²) < 4.78 is 6.76. The Bertz CT molecular complexity index is 1180. The zero-order chi connectivity index (χ0) is 25.4. The number of methoxy groups -OCH3 is 1. The van der Waals surface area contributed by atoms with E-state index in [2.05, 4.69) is 5.32 Å². The maximum Gasteiger partial charge on any atom is 0.247 e. The number of carbonyl (C=O) groups is 2. The minimum atomic E-state index is -0.351. The maximum absolute atomic E-state index is 13.0. The van der Waals surface area contributed by atoms with E-state index in [9.17, 15) is 9.59 Å². The van der Waals surface area contributed by atoms with Gasteiger partial charge in [0.1, 0.15) is 12.4 Å². The fourth-order valence-electron chi connectivity index (χ4n) is 3.31. The highest BCUT2D eigenvalue weighted by atomic mass is 35.5. The minimum absolute atomic E-state index is 0.139. The van der Waals surface area contributed by atoms with Crippen LogP contribution in [0.4, 0.5) is 5.82 Å². The fraction of sp³-hybridized carbons (Fsp3) is 0.296. The molecule has 0 unspecified atom stereocenters. The van der Waals surface area contributed by atoms with E-state index in [1.165, 1.54) is 11.0 Å². The van der Waals surface area contributed by atoms with Crippen LogP contribution in [-0.2, 0) is 19.7 Å². The molecule has 3 rings (SSSR count). The van der Waals surface area contributed by atoms with Gasteiger partial charge in [-0.3, -0.25) is 9.59 Å². The Hall–Kier alpha value is -3.42. The number of nitrogens with one attached hydrogen (secondary N) is 1. The summed E-state index contributed by atoms with van der Waals surface area (Å²) in [6.07, 6.45) is 3.19. The molecule has 35 heavy (non-hydrogen) atoms. The molecule has 0 spiro atoms. The lowest BCUT2D eigenvalue weighted by molar-refractivity contribution is -0.131. The van der Waals surface area contributed by atoms with Crippen LogP contribution < -0.4 is 5.32 Å². The number of rotatable bonds is 9. The molecule has 0 radical (unpaired) electrons. The van der Waals surface area contributed by atoms with Crippen LogP contribution in [0.1, 0.15) is 32.0 Å². The Kier molecular flexibility index (Phi) is 8.84. The van der Waals surface area contributed by atoms with Gasteiger partial charge in [0.15, 0.2) is 0 Å². The van der Waals surface area contributed by atoms with Crippen LogP contribution in [0.25, 0.3) is 11.8 Å². The molecule has 0 aliphatic rings. The van der Waals surface area contributed by atoms with Crippen molar-refractivity contribution < 1.29 is 14.3 Å². The first-order valence-corrected chi connectivity index (χ1v) is 11.7. The van der Waals surface area contributed by atoms with E-state index in [4.69, 9.17) is 21.4 Å². The lowest BCUT2D eigenvalue weighted by Gasteiger charge is -2.20. The van der Waals surface area contributed by atoms with Gasteiger partial charge >= 0.3 is 0 Å². The van der Waals surface area contributed by atoms with Gasteiger partial charge in [-0.15, -0.1) is 0 Å². The highest BCUT2D eigenvalue weighted by Crippen LogP contribution is 2.29. The Morgan fingerprint density at radius 1 is 1.11 bits per heavy atom. The second-order valence-electron chi connectivity index (χ2n) is 9.07. The summed E-state index contributed by atoms with van der Waals surface area (Å²) in [6.45, 7) is 6.58. The highest BCUT2D eigenvalue weighted by molar-refractivity contribution is 6.32. The Morgan fingerprint density at radius 3 is 2.46 bits per heavy atom. The second-order valence-corrected chi connectivity index (χ2v) is 9.48. The molecule has 2 amide bonds. The quantitative estimate of drug-likeness (QED) is 0.427. The van der Waals surface area contributed by atoms with Gasteiger partial charge in [-0.05, 0) is 23.8 Å². The van der Waals surface area contributed by atoms with Crippen molar-refractivity contribution in [2.75, 3.05) is 32.1 Å². The second kappa shape index (κ2) is 11.8. The van der Waals surface area contributed by atoms with Crippen molar-refractivity contribution in [2.45, 2.75) is 26.2 Å². The van der Waals surface area contributed by atoms with E-state index in [-0.39, 0.29) is 30.3 Å². The highest BCUT2D eigenvalue weighted by Gasteiger charge is 2.23. The van der Waals surface area contributed by atoms with E-state index in [1.807, 2.05) is 75.4 Å². The first-order chi connectivity index (χ1) is 16.7. The van der Waals surface area contributed by atoms with E-state index >= 15 is 0 Å². The van der Waals surface area contributed by atoms with Gasteiger partial charge in [0, 0.05) is 31.2 Å². The summed E-state index contributed by atoms with van der Waals surface area (Å²) in [4.78, 5) is 27.3. The molecular weight excluding hydrogens is 464 g/mol. The van der Waals surface area contributed by atoms with Gasteiger partial charge in [0.05, 0.1) is 23.0 Å². The average molecular weight is 495 g/mol. The number of aromatic nitrogens is 2. The molecule has 8 heteroatoms. The Labute approximate surface area is 211 Å². The monoisotopic (exact) mass is 494 g/mol. The Morgan fingerprint density at radius 2 is 1.80 bits per heavy atom. The van der Waals surface area contributed by atoms with Crippen LogP contribution in [0.2, 0.25) is 5.02 Å². The summed E-state index contributed by atoms with van der Waals surface area (Å²) in [5, 5.41) is 8.12. The van der Waals surface area contributed by atoms with Crippen LogP contribution in [0.3, 0.4) is 0 Å². The van der Waals surface area contributed by atoms with Gasteiger partial charge in [0.2, 0.25) is 11.8 Å². The normalized spacial score (nSPS) is 11.6. The number of anilines is 1. The number of hydrogen-bond donors (Lipinski definition) is 1. The first-order valence-electron chi connectivity index (χ1n) is 11.4. The average Bonchev–Trinajstić information content (AvgIpc) is 3.25. The molecule has 2 aromatic carbocycles. The number of hydrogen-bond acceptors (Lipinski definition) is 4. The van der Waals surface area contributed by atoms with Crippen LogP contribution >= 0.6 is 11.6 Å². The number of halogens is 1. The largest absolute Gasteiger partial charge is 0.383 e. The molecule has 1 aromatic heterocycles. The molecule has 0 aliphatic carbocycles. The van der Waals surface area contributed by atoms with Crippen molar-refractivity contribution in [1.82, 2.24) is 14.7 Å². The van der Waals surface area contributed by atoms with Gasteiger partial charge in [-0.2, -0.15) is 5.10 Å². The van der Waals surface area contributed by atoms with Gasteiger partial charge < -0.3 is 15.0 Å². The van der Waals surface area contributed by atoms with Crippen LogP contribution in [-0.4, -0.2) is 53.3 Å². The zero-order valence-corrected chi connectivity index (χ0v) is 21.2. The molecule has 0 saturated carbocycles. The van der Waals surface area contributed by atoms with E-state index < -0.39 is 0 Å². The van der Waals surface area contributed by atoms with Crippen molar-refractivity contribution in [3.8, 4) is 5.69 Å². The summed E-state index contributed by atoms with van der Waals surface area (Å²) >= 11 is 6.41. The number of nitrogens with zero attached hydrogens (tertiary/aromatic N) is 3. The van der Waals surface area contributed by atoms with E-state index in [0.29, 0.717) is 23.1 Å². The van der Waals surface area contributed by atoms with Gasteiger partial charge in [0.25, 0.3) is 0 Å². The molecule has 184 valence electrons. The lowest BCUT2D eigenvalue weighted by atomic mass is 9.92. The van der Waals surface area contributed by atoms with Gasteiger partial charge in [-0.25, -0.2) is 4.68 Å². The van der Waals surface area contributed by atoms with Crippen molar-refractivity contribution in [2.24, 2.45) is 0 Å². The third kappa shape index (κ3) is 7.28. The SMILES string of the molecule is COCCN(CC(=O)Nc1cc(C(C)(C)C)nn1-c1ccccc1Cl)C(=O)/C=C/c1ccccc1. The molecule has 1 N–H and O–H groups in total. The third-order valence-electron chi connectivity index (χ3n) is 5.26. The van der Waals surface area contributed by atoms with Crippen molar-refractivity contribution in [3.05, 3.63) is 83.0 Å². The van der Waals surface area contributed by atoms with Gasteiger partial charge in [-0.1, -0.05) is 74.8 Å². The number of benzene rings is 2. The fourth-order valence-corrected chi connectivity index (χ4v) is 3.52. The third-order valence-corrected chi connectivity index (χ3v) is 5.57. The topological polar surface area (TPSA) is 76.5 Å². The number of amides is 2. The Balaban J connectivity index is 1.81. The standard InChI is InChI=1S/C27H31ClN4O3/c1-27(2,3)23-18-24(32(30-23)22-13-9-8-12-21(22)28)29-25(33)19-31(16-17-35-4)26(34)15-14-20-10-6-5-7-11-20/h5-15,18H,16-17,19H2,1-4H3,(H,29,33)/b15-14+. The molecule has 7 nitrogen and oxygen atoms in total. The summed E-state index contributed by atoms with van der Waals surface area (Å²) in [7, 11) is 1.55. The minimum Gasteiger partial charge on any atom is -0.383 e. The van der Waals surface area contributed by atoms with Crippen molar-refractivity contribution in [1.29, 1.82) is 0 Å². The maximum atomic E-state index is 13.0. The molecule has 0 bridgehead atoms. The predicted octanol–water partition coefficient (Wildman–Crippen LogP) is 4.95. The van der Waals surface area contributed by atoms with Crippen molar-refractivity contribution >= 4 is 35.3 Å². The predicted molar refractivity (Wildman–Crippen MR) is 140 cm³/mol. The number of ether oxygens (including phenoxy) is 1. The first kappa shape index (κ1) is 26.2. The molecule has 1 heterocycles. The van der Waals surface area contributed by atoms with E-state index in [1.54, 1.807) is 23.9 Å². The van der Waals surface area contributed by atoms with Crippen LogP contribution in [0.5, 0.6) is 0 Å². The molecule has 0 saturated heterocycles. The number of para-hydroxylation sites is 1. The molecule has 0 fully saturated rings. The zero-order valence-electron chi connectivity index (χ0n) is 20.5. The molecule has 0 atom stereocenters. The number of carbonyl (C=O) groups excluding carboxylic acids is 2. The van der Waals surface area contributed by atoms with E-state index in [0.717, 1.165) is 11.3 Å². The molecular formula is C27H31ClN4O3. The summed E-state index contributed by atoms with van der Waals surface area (Å²) in [5.41, 5.74) is 2.11. The summed E-state index contributed by atoms with van der Waals surface area (Å²) in [6, 6.07) is 18.6. The molecule has 3 aromatic rings. The van der Waals surface area contributed by atoms with Crippen LogP contribution in [0.15, 0.2) is 66.7 Å². The van der Waals surface area contributed by atoms with Crippen LogP contribution in [0, 0.1) is 0 Å². The summed E-state index contributed by atoms with van der Waals surface area (Å²) in [5.74, 6) is -0.153.